The number of carbonyl (C=O) groups excluding carboxylic acids is 1. The van der Waals surface area contributed by atoms with Gasteiger partial charge in [0.15, 0.2) is 0 Å². The van der Waals surface area contributed by atoms with Crippen molar-refractivity contribution in [3.63, 3.8) is 0 Å². The maximum atomic E-state index is 12.6. The fourth-order valence-electron chi connectivity index (χ4n) is 9.74. The summed E-state index contributed by atoms with van der Waals surface area (Å²) in [4.78, 5) is 12.6. The fourth-order valence-corrected chi connectivity index (χ4v) is 9.74. The maximum Gasteiger partial charge on any atom is 0.411 e. The van der Waals surface area contributed by atoms with E-state index in [9.17, 15) is 9.90 Å². The van der Waals surface area contributed by atoms with Gasteiger partial charge in [-0.25, -0.2) is 4.79 Å². The van der Waals surface area contributed by atoms with Crippen LogP contribution in [0, 0.1) is 46.3 Å². The van der Waals surface area contributed by atoms with Gasteiger partial charge in [-0.15, -0.1) is 0 Å². The van der Waals surface area contributed by atoms with Crippen LogP contribution >= 0.6 is 0 Å². The number of rotatable bonds is 8. The lowest BCUT2D eigenvalue weighted by molar-refractivity contribution is -0.0577. The summed E-state index contributed by atoms with van der Waals surface area (Å²) in [5.74, 6) is 5.06. The molecular weight excluding hydrogens is 482 g/mol. The second-order valence-electron chi connectivity index (χ2n) is 14.5. The van der Waals surface area contributed by atoms with E-state index in [2.05, 4.69) is 46.0 Å². The Bertz CT molecular complexity index is 1030. The third-order valence-corrected chi connectivity index (χ3v) is 11.9. The van der Waals surface area contributed by atoms with E-state index >= 15 is 0 Å². The van der Waals surface area contributed by atoms with Gasteiger partial charge in [0.2, 0.25) is 0 Å². The van der Waals surface area contributed by atoms with Crippen molar-refractivity contribution in [2.24, 2.45) is 46.3 Å². The zero-order chi connectivity index (χ0) is 27.8. The van der Waals surface area contributed by atoms with Gasteiger partial charge in [0, 0.05) is 12.1 Å². The Morgan fingerprint density at radius 2 is 1.79 bits per heavy atom. The number of benzene rings is 1. The highest BCUT2D eigenvalue weighted by Crippen LogP contribution is 2.67. The van der Waals surface area contributed by atoms with Crippen LogP contribution < -0.4 is 5.32 Å². The second kappa shape index (κ2) is 11.6. The molecule has 0 radical (unpaired) electrons. The number of amides is 1. The van der Waals surface area contributed by atoms with Crippen molar-refractivity contribution in [1.82, 2.24) is 0 Å². The predicted octanol–water partition coefficient (Wildman–Crippen LogP) is 9.14. The van der Waals surface area contributed by atoms with Crippen LogP contribution in [-0.4, -0.2) is 17.3 Å². The number of carbonyl (C=O) groups is 1. The highest BCUT2D eigenvalue weighted by molar-refractivity contribution is 5.84. The van der Waals surface area contributed by atoms with Gasteiger partial charge in [-0.1, -0.05) is 77.7 Å². The average Bonchev–Trinajstić information content (AvgIpc) is 3.26. The SMILES string of the molecule is CC(C)CCC[C@H](C)[C@@H]1CCC2C3CC=C4C[C@H](OC(=O)Nc5ccc(CO)cc5)CC[C@@]4(C)C3CC[C@]21C. The maximum absolute atomic E-state index is 12.6. The van der Waals surface area contributed by atoms with Crippen molar-refractivity contribution < 1.29 is 14.6 Å². The van der Waals surface area contributed by atoms with E-state index in [-0.39, 0.29) is 24.2 Å². The van der Waals surface area contributed by atoms with Gasteiger partial charge in [-0.2, -0.15) is 0 Å². The molecule has 0 spiro atoms. The molecule has 4 aliphatic carbocycles. The van der Waals surface area contributed by atoms with Crippen LogP contribution in [0.4, 0.5) is 10.5 Å². The first-order chi connectivity index (χ1) is 18.6. The molecule has 1 aromatic carbocycles. The molecule has 0 aromatic heterocycles. The van der Waals surface area contributed by atoms with Crippen LogP contribution in [0.2, 0.25) is 0 Å². The van der Waals surface area contributed by atoms with Crippen molar-refractivity contribution in [1.29, 1.82) is 0 Å². The van der Waals surface area contributed by atoms with Crippen molar-refractivity contribution in [3.05, 3.63) is 41.5 Å². The number of aliphatic hydroxyl groups excluding tert-OH is 1. The lowest BCUT2D eigenvalue weighted by Gasteiger charge is -2.58. The molecule has 3 fully saturated rings. The van der Waals surface area contributed by atoms with Gasteiger partial charge in [0.25, 0.3) is 0 Å². The molecule has 0 saturated heterocycles. The van der Waals surface area contributed by atoms with Crippen LogP contribution in [0.5, 0.6) is 0 Å². The van der Waals surface area contributed by atoms with Gasteiger partial charge in [0.05, 0.1) is 6.61 Å². The number of aliphatic hydroxyl groups is 1. The van der Waals surface area contributed by atoms with E-state index in [0.717, 1.165) is 60.3 Å². The Morgan fingerprint density at radius 3 is 2.51 bits per heavy atom. The lowest BCUT2D eigenvalue weighted by atomic mass is 9.47. The molecule has 3 saturated carbocycles. The van der Waals surface area contributed by atoms with Crippen molar-refractivity contribution in [2.45, 2.75) is 118 Å². The van der Waals surface area contributed by atoms with Gasteiger partial charge in [0.1, 0.15) is 6.10 Å². The van der Waals surface area contributed by atoms with E-state index in [1.807, 2.05) is 24.3 Å². The number of ether oxygens (including phenoxy) is 1. The molecule has 5 rings (SSSR count). The van der Waals surface area contributed by atoms with E-state index < -0.39 is 0 Å². The minimum absolute atomic E-state index is 0.000658. The summed E-state index contributed by atoms with van der Waals surface area (Å²) >= 11 is 0. The predicted molar refractivity (Wildman–Crippen MR) is 159 cm³/mol. The van der Waals surface area contributed by atoms with Crippen LogP contribution in [0.25, 0.3) is 0 Å². The molecule has 3 unspecified atom stereocenters. The number of hydrogen-bond acceptors (Lipinski definition) is 3. The Balaban J connectivity index is 1.20. The van der Waals surface area contributed by atoms with Gasteiger partial charge >= 0.3 is 6.09 Å². The number of allylic oxidation sites excluding steroid dienone is 1. The smallest absolute Gasteiger partial charge is 0.411 e. The quantitative estimate of drug-likeness (QED) is 0.326. The topological polar surface area (TPSA) is 58.6 Å². The lowest BCUT2D eigenvalue weighted by Crippen LogP contribution is -2.51. The summed E-state index contributed by atoms with van der Waals surface area (Å²) < 4.78 is 5.91. The Morgan fingerprint density at radius 1 is 1.03 bits per heavy atom. The van der Waals surface area contributed by atoms with Gasteiger partial charge in [-0.05, 0) is 109 Å². The third-order valence-electron chi connectivity index (χ3n) is 11.9. The van der Waals surface area contributed by atoms with Crippen LogP contribution in [0.3, 0.4) is 0 Å². The molecule has 0 bridgehead atoms. The molecule has 4 nitrogen and oxygen atoms in total. The third kappa shape index (κ3) is 5.69. The van der Waals surface area contributed by atoms with Crippen molar-refractivity contribution in [3.8, 4) is 0 Å². The molecule has 0 aliphatic heterocycles. The molecule has 0 heterocycles. The van der Waals surface area contributed by atoms with E-state index in [1.54, 1.807) is 5.57 Å². The summed E-state index contributed by atoms with van der Waals surface area (Å²) in [6.07, 6.45) is 16.2. The number of fused-ring (bicyclic) bond motifs is 5. The molecule has 1 amide bonds. The highest BCUT2D eigenvalue weighted by atomic mass is 16.6. The Kier molecular flexibility index (Phi) is 8.53. The fraction of sp³-hybridized carbons (Fsp3) is 0.743. The summed E-state index contributed by atoms with van der Waals surface area (Å²) in [5, 5.41) is 12.1. The van der Waals surface area contributed by atoms with Crippen molar-refractivity contribution in [2.75, 3.05) is 5.32 Å². The number of anilines is 1. The molecule has 39 heavy (non-hydrogen) atoms. The van der Waals surface area contributed by atoms with Gasteiger partial charge < -0.3 is 9.84 Å². The number of hydrogen-bond donors (Lipinski definition) is 2. The first-order valence-electron chi connectivity index (χ1n) is 16.0. The first kappa shape index (κ1) is 28.7. The largest absolute Gasteiger partial charge is 0.446 e. The summed E-state index contributed by atoms with van der Waals surface area (Å²) in [7, 11) is 0. The van der Waals surface area contributed by atoms with E-state index in [1.165, 1.54) is 51.4 Å². The minimum Gasteiger partial charge on any atom is -0.446 e. The molecule has 2 N–H and O–H groups in total. The first-order valence-corrected chi connectivity index (χ1v) is 16.0. The molecule has 216 valence electrons. The normalized spacial score (nSPS) is 36.4. The van der Waals surface area contributed by atoms with E-state index in [4.69, 9.17) is 4.74 Å². The standard InChI is InChI=1S/C35H53NO3/c1-23(2)7-6-8-24(3)30-15-16-31-29-14-11-26-21-28(17-19-34(26,4)32(29)18-20-35(30,31)5)39-33(38)36-27-12-9-25(22-37)10-13-27/h9-13,23-24,28-32,37H,6-8,14-22H2,1-5H3,(H,36,38)/t24-,28+,29?,30-,31?,32?,34+,35-/m0/s1. The zero-order valence-corrected chi connectivity index (χ0v) is 25.2. The summed E-state index contributed by atoms with van der Waals surface area (Å²) in [6, 6.07) is 7.26. The van der Waals surface area contributed by atoms with Crippen molar-refractivity contribution >= 4 is 11.8 Å². The van der Waals surface area contributed by atoms with Crippen LogP contribution in [0.1, 0.15) is 111 Å². The second-order valence-corrected chi connectivity index (χ2v) is 14.5. The molecule has 8 atom stereocenters. The molecule has 1 aromatic rings. The minimum atomic E-state index is -0.373. The Labute approximate surface area is 237 Å². The monoisotopic (exact) mass is 535 g/mol. The average molecular weight is 536 g/mol. The van der Waals surface area contributed by atoms with Crippen LogP contribution in [0.15, 0.2) is 35.9 Å². The van der Waals surface area contributed by atoms with Crippen LogP contribution in [-0.2, 0) is 11.3 Å². The van der Waals surface area contributed by atoms with Gasteiger partial charge in [-0.3, -0.25) is 5.32 Å². The van der Waals surface area contributed by atoms with E-state index in [0.29, 0.717) is 11.1 Å². The number of nitrogens with one attached hydrogen (secondary N) is 1. The summed E-state index contributed by atoms with van der Waals surface area (Å²) in [5.41, 5.74) is 3.87. The molecular formula is C35H53NO3. The zero-order valence-electron chi connectivity index (χ0n) is 25.2. The summed E-state index contributed by atoms with van der Waals surface area (Å²) in [6.45, 7) is 12.5. The highest BCUT2D eigenvalue weighted by Gasteiger charge is 2.59. The molecule has 4 aliphatic rings. The Hall–Kier alpha value is -1.81. The molecule has 4 heteroatoms.